The number of aryl methyl sites for hydroxylation is 1. The molecule has 1 atom stereocenters. The topological polar surface area (TPSA) is 53.2 Å². The summed E-state index contributed by atoms with van der Waals surface area (Å²) in [6.07, 6.45) is 1.44. The number of hydrogen-bond donors (Lipinski definition) is 1. The van der Waals surface area contributed by atoms with E-state index in [0.29, 0.717) is 12.2 Å². The standard InChI is InChI=1S/C11H11NO2/c1-11(7-12)5-4-8-6-9(13)2-3-10(8)14-11/h2-3,6,13H,4-5H2,1H3. The highest BCUT2D eigenvalue weighted by Crippen LogP contribution is 2.34. The molecule has 3 nitrogen and oxygen atoms in total. The molecule has 1 N–H and O–H groups in total. The van der Waals surface area contributed by atoms with Crippen LogP contribution in [0.5, 0.6) is 11.5 Å². The summed E-state index contributed by atoms with van der Waals surface area (Å²) in [4.78, 5) is 0. The summed E-state index contributed by atoms with van der Waals surface area (Å²) in [6, 6.07) is 7.12. The van der Waals surface area contributed by atoms with E-state index in [1.165, 1.54) is 0 Å². The zero-order valence-corrected chi connectivity index (χ0v) is 7.95. The molecule has 2 rings (SSSR count). The summed E-state index contributed by atoms with van der Waals surface area (Å²) in [5.74, 6) is 0.950. The van der Waals surface area contributed by atoms with Crippen molar-refractivity contribution in [2.75, 3.05) is 0 Å². The molecule has 1 aliphatic rings. The summed E-state index contributed by atoms with van der Waals surface area (Å²) >= 11 is 0. The Kier molecular flexibility index (Phi) is 1.85. The SMILES string of the molecule is CC1(C#N)CCc2cc(O)ccc2O1. The van der Waals surface area contributed by atoms with Gasteiger partial charge in [-0.05, 0) is 37.1 Å². The average Bonchev–Trinajstić information content (AvgIpc) is 2.19. The van der Waals surface area contributed by atoms with E-state index in [2.05, 4.69) is 6.07 Å². The van der Waals surface area contributed by atoms with E-state index in [9.17, 15) is 5.11 Å². The van der Waals surface area contributed by atoms with Crippen molar-refractivity contribution in [3.63, 3.8) is 0 Å². The summed E-state index contributed by atoms with van der Waals surface area (Å²) < 4.78 is 5.55. The molecule has 0 saturated heterocycles. The Bertz CT molecular complexity index is 408. The minimum absolute atomic E-state index is 0.243. The van der Waals surface area contributed by atoms with E-state index >= 15 is 0 Å². The van der Waals surface area contributed by atoms with Gasteiger partial charge in [0.15, 0.2) is 5.60 Å². The Hall–Kier alpha value is -1.69. The van der Waals surface area contributed by atoms with Gasteiger partial charge in [-0.25, -0.2) is 0 Å². The number of rotatable bonds is 0. The van der Waals surface area contributed by atoms with Crippen LogP contribution < -0.4 is 4.74 Å². The van der Waals surface area contributed by atoms with E-state index in [1.807, 2.05) is 0 Å². The van der Waals surface area contributed by atoms with Gasteiger partial charge in [-0.2, -0.15) is 5.26 Å². The van der Waals surface area contributed by atoms with Crippen LogP contribution in [0.1, 0.15) is 18.9 Å². The lowest BCUT2D eigenvalue weighted by atomic mass is 9.94. The number of nitrogens with zero attached hydrogens (tertiary/aromatic N) is 1. The maximum absolute atomic E-state index is 9.25. The van der Waals surface area contributed by atoms with E-state index in [4.69, 9.17) is 10.00 Å². The summed E-state index contributed by atoms with van der Waals surface area (Å²) in [5.41, 5.74) is 0.252. The van der Waals surface area contributed by atoms with Crippen molar-refractivity contribution in [3.8, 4) is 17.6 Å². The molecule has 0 fully saturated rings. The first-order valence-electron chi connectivity index (χ1n) is 4.55. The molecule has 14 heavy (non-hydrogen) atoms. The molecule has 0 bridgehead atoms. The molecule has 0 aliphatic carbocycles. The lowest BCUT2D eigenvalue weighted by Crippen LogP contribution is -2.34. The number of nitriles is 1. The monoisotopic (exact) mass is 189 g/mol. The molecule has 1 aromatic carbocycles. The number of hydrogen-bond acceptors (Lipinski definition) is 3. The van der Waals surface area contributed by atoms with Crippen molar-refractivity contribution < 1.29 is 9.84 Å². The van der Waals surface area contributed by atoms with Crippen LogP contribution in [0.25, 0.3) is 0 Å². The lowest BCUT2D eigenvalue weighted by molar-refractivity contribution is 0.122. The molecule has 1 aliphatic heterocycles. The molecule has 1 unspecified atom stereocenters. The summed E-state index contributed by atoms with van der Waals surface area (Å²) in [7, 11) is 0. The van der Waals surface area contributed by atoms with Crippen LogP contribution in [0, 0.1) is 11.3 Å². The van der Waals surface area contributed by atoms with Gasteiger partial charge in [-0.3, -0.25) is 0 Å². The first-order valence-corrected chi connectivity index (χ1v) is 4.55. The molecule has 1 heterocycles. The van der Waals surface area contributed by atoms with Gasteiger partial charge >= 0.3 is 0 Å². The van der Waals surface area contributed by atoms with Crippen LogP contribution in [0.4, 0.5) is 0 Å². The lowest BCUT2D eigenvalue weighted by Gasteiger charge is -2.29. The third-order valence-electron chi connectivity index (χ3n) is 2.49. The number of phenolic OH excluding ortho intramolecular Hbond substituents is 1. The molecule has 3 heteroatoms. The number of phenols is 1. The highest BCUT2D eigenvalue weighted by Gasteiger charge is 2.31. The predicted octanol–water partition coefficient (Wildman–Crippen LogP) is 2.00. The normalized spacial score (nSPS) is 24.6. The number of fused-ring (bicyclic) bond motifs is 1. The Morgan fingerprint density at radius 1 is 1.57 bits per heavy atom. The summed E-state index contributed by atoms with van der Waals surface area (Å²) in [6.45, 7) is 1.78. The molecular weight excluding hydrogens is 178 g/mol. The van der Waals surface area contributed by atoms with Gasteiger partial charge in [0, 0.05) is 6.42 Å². The van der Waals surface area contributed by atoms with Gasteiger partial charge in [0.2, 0.25) is 0 Å². The highest BCUT2D eigenvalue weighted by molar-refractivity contribution is 5.42. The minimum Gasteiger partial charge on any atom is -0.508 e. The molecule has 1 aromatic rings. The molecular formula is C11H11NO2. The quantitative estimate of drug-likeness (QED) is 0.679. The first kappa shape index (κ1) is 8.89. The van der Waals surface area contributed by atoms with Crippen LogP contribution in [-0.2, 0) is 6.42 Å². The third kappa shape index (κ3) is 1.39. The highest BCUT2D eigenvalue weighted by atomic mass is 16.5. The zero-order valence-electron chi connectivity index (χ0n) is 7.95. The maximum Gasteiger partial charge on any atom is 0.191 e. The van der Waals surface area contributed by atoms with Crippen molar-refractivity contribution in [2.45, 2.75) is 25.4 Å². The van der Waals surface area contributed by atoms with Crippen molar-refractivity contribution in [2.24, 2.45) is 0 Å². The average molecular weight is 189 g/mol. The number of benzene rings is 1. The van der Waals surface area contributed by atoms with Crippen molar-refractivity contribution in [1.29, 1.82) is 5.26 Å². The van der Waals surface area contributed by atoms with Gasteiger partial charge in [-0.1, -0.05) is 0 Å². The van der Waals surface area contributed by atoms with Crippen LogP contribution in [0.3, 0.4) is 0 Å². The summed E-state index contributed by atoms with van der Waals surface area (Å²) in [5, 5.41) is 18.2. The Morgan fingerprint density at radius 2 is 2.36 bits per heavy atom. The van der Waals surface area contributed by atoms with Crippen LogP contribution in [0.2, 0.25) is 0 Å². The van der Waals surface area contributed by atoms with Gasteiger partial charge in [0.25, 0.3) is 0 Å². The van der Waals surface area contributed by atoms with Crippen molar-refractivity contribution in [1.82, 2.24) is 0 Å². The number of aromatic hydroxyl groups is 1. The van der Waals surface area contributed by atoms with E-state index < -0.39 is 5.60 Å². The first-order chi connectivity index (χ1) is 6.63. The Labute approximate surface area is 82.6 Å². The Morgan fingerprint density at radius 3 is 3.07 bits per heavy atom. The largest absolute Gasteiger partial charge is 0.508 e. The molecule has 0 spiro atoms. The van der Waals surface area contributed by atoms with Crippen LogP contribution in [-0.4, -0.2) is 10.7 Å². The van der Waals surface area contributed by atoms with Crippen LogP contribution in [0.15, 0.2) is 18.2 Å². The van der Waals surface area contributed by atoms with Crippen LogP contribution >= 0.6 is 0 Å². The smallest absolute Gasteiger partial charge is 0.191 e. The second kappa shape index (κ2) is 2.91. The fourth-order valence-electron chi connectivity index (χ4n) is 1.61. The predicted molar refractivity (Wildman–Crippen MR) is 51.1 cm³/mol. The fourth-order valence-corrected chi connectivity index (χ4v) is 1.61. The third-order valence-corrected chi connectivity index (χ3v) is 2.49. The van der Waals surface area contributed by atoms with E-state index in [1.54, 1.807) is 25.1 Å². The molecule has 72 valence electrons. The fraction of sp³-hybridized carbons (Fsp3) is 0.364. The van der Waals surface area contributed by atoms with E-state index in [-0.39, 0.29) is 5.75 Å². The van der Waals surface area contributed by atoms with E-state index in [0.717, 1.165) is 12.0 Å². The molecule has 0 aromatic heterocycles. The maximum atomic E-state index is 9.25. The van der Waals surface area contributed by atoms with Crippen molar-refractivity contribution >= 4 is 0 Å². The van der Waals surface area contributed by atoms with Crippen molar-refractivity contribution in [3.05, 3.63) is 23.8 Å². The second-order valence-corrected chi connectivity index (χ2v) is 3.74. The van der Waals surface area contributed by atoms with Gasteiger partial charge in [-0.15, -0.1) is 0 Å². The number of ether oxygens (including phenoxy) is 1. The zero-order chi connectivity index (χ0) is 10.2. The van der Waals surface area contributed by atoms with Gasteiger partial charge < -0.3 is 9.84 Å². The van der Waals surface area contributed by atoms with Gasteiger partial charge in [0.1, 0.15) is 17.6 Å². The van der Waals surface area contributed by atoms with Gasteiger partial charge in [0.05, 0.1) is 0 Å². The molecule has 0 saturated carbocycles. The minimum atomic E-state index is -0.718. The molecule has 0 amide bonds. The second-order valence-electron chi connectivity index (χ2n) is 3.74. The molecule has 0 radical (unpaired) electrons. The Balaban J connectivity index is 2.37.